The summed E-state index contributed by atoms with van der Waals surface area (Å²) in [6, 6.07) is 13.3. The van der Waals surface area contributed by atoms with Gasteiger partial charge in [0.1, 0.15) is 0 Å². The first-order chi connectivity index (χ1) is 10.3. The molecule has 0 saturated carbocycles. The Hall–Kier alpha value is -1.41. The van der Waals surface area contributed by atoms with Crippen LogP contribution in [0, 0.1) is 17.2 Å². The predicted octanol–water partition coefficient (Wildman–Crippen LogP) is 1.42. The topological polar surface area (TPSA) is 59.3 Å². The molecule has 0 amide bonds. The van der Waals surface area contributed by atoms with Gasteiger partial charge in [-0.2, -0.15) is 5.26 Å². The van der Waals surface area contributed by atoms with Crippen LogP contribution in [0.15, 0.2) is 30.3 Å². The molecule has 2 N–H and O–H groups in total. The molecular weight excluding hydrogens is 262 g/mol. The van der Waals surface area contributed by atoms with Crippen molar-refractivity contribution in [3.63, 3.8) is 0 Å². The molecule has 0 bridgehead atoms. The van der Waals surface area contributed by atoms with Gasteiger partial charge >= 0.3 is 0 Å². The van der Waals surface area contributed by atoms with Crippen LogP contribution < -0.4 is 5.32 Å². The Morgan fingerprint density at radius 3 is 2.81 bits per heavy atom. The second kappa shape index (κ2) is 8.78. The van der Waals surface area contributed by atoms with Gasteiger partial charge in [-0.05, 0) is 37.3 Å². The van der Waals surface area contributed by atoms with E-state index in [0.717, 1.165) is 38.9 Å². The highest BCUT2D eigenvalue weighted by atomic mass is 16.3. The first-order valence-electron chi connectivity index (χ1n) is 7.79. The molecule has 1 aliphatic heterocycles. The molecule has 0 spiro atoms. The van der Waals surface area contributed by atoms with Gasteiger partial charge in [0.2, 0.25) is 0 Å². The summed E-state index contributed by atoms with van der Waals surface area (Å²) in [5.41, 5.74) is 1.37. The van der Waals surface area contributed by atoms with Crippen LogP contribution >= 0.6 is 0 Å². The smallest absolute Gasteiger partial charge is 0.0866 e. The van der Waals surface area contributed by atoms with Gasteiger partial charge < -0.3 is 10.4 Å². The van der Waals surface area contributed by atoms with Crippen molar-refractivity contribution in [1.82, 2.24) is 10.2 Å². The summed E-state index contributed by atoms with van der Waals surface area (Å²) in [6.07, 6.45) is 3.00. The number of nitriles is 1. The summed E-state index contributed by atoms with van der Waals surface area (Å²) in [6.45, 7) is 3.52. The molecule has 1 aromatic carbocycles. The lowest BCUT2D eigenvalue weighted by atomic mass is 9.88. The van der Waals surface area contributed by atoms with Gasteiger partial charge in [-0.3, -0.25) is 4.90 Å². The van der Waals surface area contributed by atoms with Gasteiger partial charge in [-0.25, -0.2) is 0 Å². The first-order valence-corrected chi connectivity index (χ1v) is 7.79. The van der Waals surface area contributed by atoms with Crippen LogP contribution in [-0.4, -0.2) is 48.8 Å². The average molecular weight is 287 g/mol. The zero-order valence-corrected chi connectivity index (χ0v) is 12.5. The van der Waals surface area contributed by atoms with Gasteiger partial charge in [0.05, 0.1) is 12.6 Å². The molecule has 4 nitrogen and oxygen atoms in total. The van der Waals surface area contributed by atoms with E-state index in [0.29, 0.717) is 18.5 Å². The van der Waals surface area contributed by atoms with Crippen molar-refractivity contribution < 1.29 is 5.11 Å². The van der Waals surface area contributed by atoms with Gasteiger partial charge in [-0.15, -0.1) is 0 Å². The van der Waals surface area contributed by atoms with Crippen LogP contribution in [0.2, 0.25) is 0 Å². The molecular formula is C17H25N3O. The van der Waals surface area contributed by atoms with Gasteiger partial charge in [0.25, 0.3) is 0 Å². The van der Waals surface area contributed by atoms with E-state index in [-0.39, 0.29) is 6.61 Å². The number of rotatable bonds is 7. The summed E-state index contributed by atoms with van der Waals surface area (Å²) in [7, 11) is 0. The molecule has 1 heterocycles. The van der Waals surface area contributed by atoms with E-state index >= 15 is 0 Å². The summed E-state index contributed by atoms with van der Waals surface area (Å²) in [5.74, 6) is 0.584. The average Bonchev–Trinajstić information content (AvgIpc) is 2.49. The molecule has 2 unspecified atom stereocenters. The van der Waals surface area contributed by atoms with Crippen LogP contribution in [0.1, 0.15) is 18.4 Å². The number of piperidine rings is 1. The fourth-order valence-corrected chi connectivity index (χ4v) is 3.16. The maximum Gasteiger partial charge on any atom is 0.0866 e. The summed E-state index contributed by atoms with van der Waals surface area (Å²) >= 11 is 0. The van der Waals surface area contributed by atoms with Crippen LogP contribution in [-0.2, 0) is 6.42 Å². The van der Waals surface area contributed by atoms with E-state index in [9.17, 15) is 0 Å². The standard InChI is InChI=1S/C17H25N3O/c18-7-9-20-13-16(11-15-5-2-1-3-6-15)12-17(14-20)19-8-4-10-21/h1-3,5-6,16-17,19,21H,4,8-14H2. The number of benzene rings is 1. The van der Waals surface area contributed by atoms with Gasteiger partial charge in [0.15, 0.2) is 0 Å². The third-order valence-electron chi connectivity index (χ3n) is 4.04. The molecule has 1 saturated heterocycles. The Kier molecular flexibility index (Phi) is 6.68. The van der Waals surface area contributed by atoms with Crippen molar-refractivity contribution in [3.8, 4) is 6.07 Å². The van der Waals surface area contributed by atoms with Crippen LogP contribution in [0.5, 0.6) is 0 Å². The second-order valence-corrected chi connectivity index (χ2v) is 5.87. The van der Waals surface area contributed by atoms with Crippen molar-refractivity contribution in [2.75, 3.05) is 32.8 Å². The van der Waals surface area contributed by atoms with E-state index in [1.807, 2.05) is 6.07 Å². The Morgan fingerprint density at radius 1 is 1.29 bits per heavy atom. The Balaban J connectivity index is 1.91. The largest absolute Gasteiger partial charge is 0.396 e. The lowest BCUT2D eigenvalue weighted by Gasteiger charge is -2.37. The third kappa shape index (κ3) is 5.47. The number of likely N-dealkylation sites (tertiary alicyclic amines) is 1. The van der Waals surface area contributed by atoms with Crippen LogP contribution in [0.3, 0.4) is 0 Å². The highest BCUT2D eigenvalue weighted by molar-refractivity contribution is 5.15. The first kappa shape index (κ1) is 16.0. The highest BCUT2D eigenvalue weighted by Gasteiger charge is 2.26. The molecule has 1 fully saturated rings. The Bertz CT molecular complexity index is 443. The van der Waals surface area contributed by atoms with Gasteiger partial charge in [0, 0.05) is 25.7 Å². The fourth-order valence-electron chi connectivity index (χ4n) is 3.16. The maximum atomic E-state index is 8.95. The van der Waals surface area contributed by atoms with Crippen molar-refractivity contribution in [3.05, 3.63) is 35.9 Å². The van der Waals surface area contributed by atoms with Gasteiger partial charge in [-0.1, -0.05) is 30.3 Å². The number of aliphatic hydroxyl groups excluding tert-OH is 1. The maximum absolute atomic E-state index is 8.95. The fraction of sp³-hybridized carbons (Fsp3) is 0.588. The minimum Gasteiger partial charge on any atom is -0.396 e. The molecule has 0 aromatic heterocycles. The van der Waals surface area contributed by atoms with Crippen LogP contribution in [0.25, 0.3) is 0 Å². The molecule has 2 atom stereocenters. The number of hydrogen-bond donors (Lipinski definition) is 2. The zero-order valence-electron chi connectivity index (χ0n) is 12.5. The van der Waals surface area contributed by atoms with Crippen molar-refractivity contribution in [2.45, 2.75) is 25.3 Å². The lowest BCUT2D eigenvalue weighted by Crippen LogP contribution is -2.50. The molecule has 1 aromatic rings. The monoisotopic (exact) mass is 287 g/mol. The van der Waals surface area contributed by atoms with E-state index in [4.69, 9.17) is 10.4 Å². The summed E-state index contributed by atoms with van der Waals surface area (Å²) < 4.78 is 0. The lowest BCUT2D eigenvalue weighted by molar-refractivity contribution is 0.153. The minimum absolute atomic E-state index is 0.231. The van der Waals surface area contributed by atoms with Crippen LogP contribution in [0.4, 0.5) is 0 Å². The number of hydrogen-bond acceptors (Lipinski definition) is 4. The quantitative estimate of drug-likeness (QED) is 0.588. The van der Waals surface area contributed by atoms with E-state index < -0.39 is 0 Å². The summed E-state index contributed by atoms with van der Waals surface area (Å²) in [5, 5.41) is 21.4. The molecule has 21 heavy (non-hydrogen) atoms. The van der Waals surface area contributed by atoms with Crippen molar-refractivity contribution in [1.29, 1.82) is 5.26 Å². The van der Waals surface area contributed by atoms with E-state index in [2.05, 4.69) is 40.6 Å². The molecule has 4 heteroatoms. The molecule has 1 aliphatic rings. The molecule has 114 valence electrons. The normalized spacial score (nSPS) is 22.9. The number of aliphatic hydroxyl groups is 1. The second-order valence-electron chi connectivity index (χ2n) is 5.87. The summed E-state index contributed by atoms with van der Waals surface area (Å²) in [4.78, 5) is 2.24. The number of nitrogens with zero attached hydrogens (tertiary/aromatic N) is 2. The molecule has 2 rings (SSSR count). The zero-order chi connectivity index (χ0) is 14.9. The Labute approximate surface area is 127 Å². The highest BCUT2D eigenvalue weighted by Crippen LogP contribution is 2.21. The van der Waals surface area contributed by atoms with Crippen molar-refractivity contribution >= 4 is 0 Å². The number of nitrogens with one attached hydrogen (secondary N) is 1. The third-order valence-corrected chi connectivity index (χ3v) is 4.04. The van der Waals surface area contributed by atoms with E-state index in [1.165, 1.54) is 5.56 Å². The predicted molar refractivity (Wildman–Crippen MR) is 83.8 cm³/mol. The minimum atomic E-state index is 0.231. The molecule has 0 aliphatic carbocycles. The Morgan fingerprint density at radius 2 is 2.10 bits per heavy atom. The SMILES string of the molecule is N#CCN1CC(Cc2ccccc2)CC(NCCCO)C1. The van der Waals surface area contributed by atoms with Crippen molar-refractivity contribution in [2.24, 2.45) is 5.92 Å². The molecule has 0 radical (unpaired) electrons. The van der Waals surface area contributed by atoms with E-state index in [1.54, 1.807) is 0 Å².